The molecular weight excluding hydrogens is 264 g/mol. The monoisotopic (exact) mass is 302 g/mol. The van der Waals surface area contributed by atoms with E-state index in [1.54, 1.807) is 5.57 Å². The van der Waals surface area contributed by atoms with E-state index in [1.807, 2.05) is 0 Å². The van der Waals surface area contributed by atoms with Gasteiger partial charge in [-0.1, -0.05) is 75.7 Å². The second-order valence-electron chi connectivity index (χ2n) is 8.21. The van der Waals surface area contributed by atoms with Crippen LogP contribution in [0.3, 0.4) is 0 Å². The minimum absolute atomic E-state index is 0.785. The van der Waals surface area contributed by atoms with Gasteiger partial charge in [0.1, 0.15) is 0 Å². The fraction of sp³-hybridized carbons (Fsp3) is 0.818. The zero-order chi connectivity index (χ0) is 15.8. The first kappa shape index (κ1) is 17.8. The van der Waals surface area contributed by atoms with Gasteiger partial charge in [0.05, 0.1) is 0 Å². The molecule has 0 heteroatoms. The third-order valence-electron chi connectivity index (χ3n) is 6.19. The Morgan fingerprint density at radius 1 is 1.05 bits per heavy atom. The third kappa shape index (κ3) is 6.31. The van der Waals surface area contributed by atoms with E-state index < -0.39 is 0 Å². The van der Waals surface area contributed by atoms with E-state index in [4.69, 9.17) is 0 Å². The first-order valence-electron chi connectivity index (χ1n) is 9.99. The van der Waals surface area contributed by atoms with Gasteiger partial charge < -0.3 is 0 Å². The molecule has 0 saturated heterocycles. The van der Waals surface area contributed by atoms with E-state index in [0.717, 1.165) is 17.8 Å². The van der Waals surface area contributed by atoms with Crippen molar-refractivity contribution in [3.8, 4) is 0 Å². The summed E-state index contributed by atoms with van der Waals surface area (Å²) in [6.07, 6.45) is 20.9. The van der Waals surface area contributed by atoms with Gasteiger partial charge in [-0.2, -0.15) is 0 Å². The Labute approximate surface area is 139 Å². The summed E-state index contributed by atoms with van der Waals surface area (Å²) < 4.78 is 0. The molecule has 0 aromatic carbocycles. The molecule has 0 aromatic heterocycles. The molecule has 0 spiro atoms. The van der Waals surface area contributed by atoms with E-state index in [2.05, 4.69) is 26.5 Å². The average Bonchev–Trinajstić information content (AvgIpc) is 2.52. The highest BCUT2D eigenvalue weighted by Crippen LogP contribution is 2.33. The topological polar surface area (TPSA) is 0 Å². The van der Waals surface area contributed by atoms with E-state index >= 15 is 0 Å². The molecule has 2 unspecified atom stereocenters. The minimum atomic E-state index is 0.785. The van der Waals surface area contributed by atoms with Crippen LogP contribution in [-0.2, 0) is 0 Å². The maximum absolute atomic E-state index is 4.35. The van der Waals surface area contributed by atoms with Crippen LogP contribution < -0.4 is 0 Å². The Hall–Kier alpha value is -0.520. The highest BCUT2D eigenvalue weighted by Gasteiger charge is 2.19. The van der Waals surface area contributed by atoms with Crippen LogP contribution in [-0.4, -0.2) is 0 Å². The lowest BCUT2D eigenvalue weighted by Gasteiger charge is -2.27. The van der Waals surface area contributed by atoms with Crippen LogP contribution in [0.2, 0.25) is 0 Å². The summed E-state index contributed by atoms with van der Waals surface area (Å²) in [5, 5.41) is 0. The lowest BCUT2D eigenvalue weighted by molar-refractivity contribution is 0.328. The highest BCUT2D eigenvalue weighted by molar-refractivity contribution is 5.06. The highest BCUT2D eigenvalue weighted by atomic mass is 14.2. The number of rotatable bonds is 8. The molecule has 0 nitrogen and oxygen atoms in total. The SMILES string of the molecule is C=C(CCCCC1CCCCC1)CCC1CCC(C)=CC1C. The van der Waals surface area contributed by atoms with E-state index in [1.165, 1.54) is 89.0 Å². The van der Waals surface area contributed by atoms with Crippen LogP contribution in [0.4, 0.5) is 0 Å². The number of hydrogen-bond donors (Lipinski definition) is 0. The normalized spacial score (nSPS) is 26.7. The molecular formula is C22H38. The largest absolute Gasteiger partial charge is 0.0999 e. The smallest absolute Gasteiger partial charge is 0.0231 e. The Morgan fingerprint density at radius 2 is 1.82 bits per heavy atom. The fourth-order valence-electron chi connectivity index (χ4n) is 4.55. The molecule has 0 heterocycles. The summed E-state index contributed by atoms with van der Waals surface area (Å²) in [5.41, 5.74) is 3.12. The maximum atomic E-state index is 4.35. The molecule has 1 saturated carbocycles. The Kier molecular flexibility index (Phi) is 7.76. The van der Waals surface area contributed by atoms with E-state index in [9.17, 15) is 0 Å². The average molecular weight is 303 g/mol. The van der Waals surface area contributed by atoms with Crippen molar-refractivity contribution in [1.82, 2.24) is 0 Å². The van der Waals surface area contributed by atoms with Gasteiger partial charge in [-0.05, 0) is 63.2 Å². The van der Waals surface area contributed by atoms with Crippen LogP contribution in [0.15, 0.2) is 23.8 Å². The van der Waals surface area contributed by atoms with Crippen molar-refractivity contribution in [2.75, 3.05) is 0 Å². The predicted molar refractivity (Wildman–Crippen MR) is 99.1 cm³/mol. The van der Waals surface area contributed by atoms with Crippen LogP contribution in [0.5, 0.6) is 0 Å². The molecule has 22 heavy (non-hydrogen) atoms. The quantitative estimate of drug-likeness (QED) is 0.322. The van der Waals surface area contributed by atoms with E-state index in [-0.39, 0.29) is 0 Å². The maximum Gasteiger partial charge on any atom is -0.0231 e. The summed E-state index contributed by atoms with van der Waals surface area (Å²) >= 11 is 0. The van der Waals surface area contributed by atoms with Gasteiger partial charge in [-0.15, -0.1) is 0 Å². The zero-order valence-corrected chi connectivity index (χ0v) is 15.2. The lowest BCUT2D eigenvalue weighted by atomic mass is 9.79. The van der Waals surface area contributed by atoms with Crippen molar-refractivity contribution in [2.24, 2.45) is 17.8 Å². The van der Waals surface area contributed by atoms with Crippen LogP contribution in [0.1, 0.15) is 97.3 Å². The second kappa shape index (κ2) is 9.58. The second-order valence-corrected chi connectivity index (χ2v) is 8.21. The molecule has 0 N–H and O–H groups in total. The number of allylic oxidation sites excluding steroid dienone is 3. The molecule has 2 aliphatic rings. The van der Waals surface area contributed by atoms with Crippen LogP contribution >= 0.6 is 0 Å². The minimum Gasteiger partial charge on any atom is -0.0999 e. The summed E-state index contributed by atoms with van der Waals surface area (Å²) in [7, 11) is 0. The van der Waals surface area contributed by atoms with E-state index in [0.29, 0.717) is 0 Å². The fourth-order valence-corrected chi connectivity index (χ4v) is 4.55. The van der Waals surface area contributed by atoms with Crippen molar-refractivity contribution in [3.63, 3.8) is 0 Å². The first-order valence-corrected chi connectivity index (χ1v) is 9.99. The van der Waals surface area contributed by atoms with Gasteiger partial charge in [0.2, 0.25) is 0 Å². The Bertz CT molecular complexity index is 356. The molecule has 2 atom stereocenters. The lowest BCUT2D eigenvalue weighted by Crippen LogP contribution is -2.14. The summed E-state index contributed by atoms with van der Waals surface area (Å²) in [4.78, 5) is 0. The van der Waals surface area contributed by atoms with Crippen molar-refractivity contribution in [1.29, 1.82) is 0 Å². The van der Waals surface area contributed by atoms with Crippen molar-refractivity contribution >= 4 is 0 Å². The van der Waals surface area contributed by atoms with Gasteiger partial charge >= 0.3 is 0 Å². The number of unbranched alkanes of at least 4 members (excludes halogenated alkanes) is 1. The molecule has 2 rings (SSSR count). The van der Waals surface area contributed by atoms with Gasteiger partial charge in [-0.25, -0.2) is 0 Å². The Balaban J connectivity index is 1.52. The molecule has 0 aromatic rings. The number of hydrogen-bond acceptors (Lipinski definition) is 0. The van der Waals surface area contributed by atoms with Gasteiger partial charge in [0, 0.05) is 0 Å². The molecule has 0 amide bonds. The van der Waals surface area contributed by atoms with Crippen LogP contribution in [0, 0.1) is 17.8 Å². The van der Waals surface area contributed by atoms with Crippen molar-refractivity contribution in [3.05, 3.63) is 23.8 Å². The summed E-state index contributed by atoms with van der Waals surface area (Å²) in [6.45, 7) is 9.04. The van der Waals surface area contributed by atoms with Crippen LogP contribution in [0.25, 0.3) is 0 Å². The van der Waals surface area contributed by atoms with Crippen molar-refractivity contribution < 1.29 is 0 Å². The molecule has 0 radical (unpaired) electrons. The zero-order valence-electron chi connectivity index (χ0n) is 15.2. The van der Waals surface area contributed by atoms with Gasteiger partial charge in [-0.3, -0.25) is 0 Å². The molecule has 126 valence electrons. The Morgan fingerprint density at radius 3 is 2.55 bits per heavy atom. The summed E-state index contributed by atoms with van der Waals surface area (Å²) in [5.74, 6) is 2.75. The van der Waals surface area contributed by atoms with Crippen molar-refractivity contribution in [2.45, 2.75) is 97.3 Å². The standard InChI is InChI=1S/C22H38/c1-18(9-7-8-12-21-10-5-4-6-11-21)13-15-22-16-14-19(2)17-20(22)3/h17,20-22H,1,4-16H2,2-3H3. The molecule has 0 aliphatic heterocycles. The van der Waals surface area contributed by atoms with Gasteiger partial charge in [0.15, 0.2) is 0 Å². The molecule has 0 bridgehead atoms. The molecule has 1 fully saturated rings. The molecule has 2 aliphatic carbocycles. The van der Waals surface area contributed by atoms with Gasteiger partial charge in [0.25, 0.3) is 0 Å². The predicted octanol–water partition coefficient (Wildman–Crippen LogP) is 7.46. The third-order valence-corrected chi connectivity index (χ3v) is 6.19. The first-order chi connectivity index (χ1) is 10.6. The summed E-state index contributed by atoms with van der Waals surface area (Å²) in [6, 6.07) is 0.